The molecule has 0 aromatic heterocycles. The minimum Gasteiger partial charge on any atom is -0.508 e. The zero-order valence-corrected chi connectivity index (χ0v) is 20.6. The maximum atomic E-state index is 13.2. The number of fused-ring (bicyclic) bond motifs is 3. The van der Waals surface area contributed by atoms with Crippen LogP contribution in [0.1, 0.15) is 34.5 Å². The topological polar surface area (TPSA) is 218 Å². The first-order valence-electron chi connectivity index (χ1n) is 11.9. The summed E-state index contributed by atoms with van der Waals surface area (Å²) in [7, 11) is 0. The Kier molecular flexibility index (Phi) is 5.45. The molecule has 12 heteroatoms. The summed E-state index contributed by atoms with van der Waals surface area (Å²) in [6, 6.07) is 7.66. The Hall–Kier alpha value is -5.91. The van der Waals surface area contributed by atoms with E-state index in [1.54, 1.807) is 0 Å². The lowest BCUT2D eigenvalue weighted by molar-refractivity contribution is 0.173. The standard InChI is InChI=1S/C29H20O12/c30-11-3-17(32)15-8-21(36)28(40-23(15)5-11)10-1-13-14(7-20(35)27(39)25(13)26(38)19(34)2-10)29-22(37)9-16-18(33)4-12(31)6-24(16)41-29/h1-9,28-33,35-37,39H,(H,34,38)/t28-,29-/m1/s1. The highest BCUT2D eigenvalue weighted by molar-refractivity contribution is 5.94. The molecule has 0 aliphatic carbocycles. The van der Waals surface area contributed by atoms with Gasteiger partial charge in [0.2, 0.25) is 5.43 Å². The van der Waals surface area contributed by atoms with Gasteiger partial charge in [-0.1, -0.05) is 0 Å². The van der Waals surface area contributed by atoms with E-state index in [4.69, 9.17) is 9.47 Å². The Morgan fingerprint density at radius 1 is 0.561 bits per heavy atom. The Balaban J connectivity index is 1.59. The second-order valence-corrected chi connectivity index (χ2v) is 9.51. The van der Waals surface area contributed by atoms with E-state index >= 15 is 0 Å². The van der Waals surface area contributed by atoms with Gasteiger partial charge in [0.25, 0.3) is 0 Å². The number of phenols is 6. The maximum Gasteiger partial charge on any atom is 0.231 e. The molecule has 208 valence electrons. The molecule has 0 radical (unpaired) electrons. The van der Waals surface area contributed by atoms with E-state index in [9.17, 15) is 50.8 Å². The van der Waals surface area contributed by atoms with E-state index in [-0.39, 0.29) is 56.4 Å². The molecule has 0 spiro atoms. The van der Waals surface area contributed by atoms with Gasteiger partial charge in [0.15, 0.2) is 29.5 Å². The SMILES string of the molecule is O=c1c(O)cc([C@H]2Oc3cc(O)cc(O)c3C=C2O)cc2c([C@H]3Oc4cc(O)cc(O)c4C=C3O)cc(O)c(O)c12. The number of aromatic hydroxyl groups is 7. The molecule has 12 nitrogen and oxygen atoms in total. The molecule has 6 rings (SSSR count). The molecule has 0 bridgehead atoms. The van der Waals surface area contributed by atoms with Crippen LogP contribution in [0.15, 0.2) is 58.8 Å². The molecule has 41 heavy (non-hydrogen) atoms. The third kappa shape index (κ3) is 3.97. The summed E-state index contributed by atoms with van der Waals surface area (Å²) in [4.78, 5) is 13.2. The van der Waals surface area contributed by atoms with Crippen molar-refractivity contribution in [2.45, 2.75) is 12.2 Å². The van der Waals surface area contributed by atoms with Crippen LogP contribution >= 0.6 is 0 Å². The summed E-state index contributed by atoms with van der Waals surface area (Å²) in [6.07, 6.45) is -0.510. The first-order chi connectivity index (χ1) is 19.4. The molecule has 0 fully saturated rings. The second-order valence-electron chi connectivity index (χ2n) is 9.51. The van der Waals surface area contributed by atoms with Gasteiger partial charge in [-0.05, 0) is 35.7 Å². The van der Waals surface area contributed by atoms with Gasteiger partial charge < -0.3 is 55.4 Å². The minimum atomic E-state index is -1.44. The monoisotopic (exact) mass is 560 g/mol. The fourth-order valence-electron chi connectivity index (χ4n) is 4.97. The smallest absolute Gasteiger partial charge is 0.231 e. The summed E-state index contributed by atoms with van der Waals surface area (Å²) in [5, 5.41) is 92.8. The zero-order valence-electron chi connectivity index (χ0n) is 20.6. The van der Waals surface area contributed by atoms with E-state index in [1.807, 2.05) is 0 Å². The number of aliphatic hydroxyl groups excluding tert-OH is 2. The van der Waals surface area contributed by atoms with Crippen LogP contribution in [-0.4, -0.2) is 46.0 Å². The van der Waals surface area contributed by atoms with Gasteiger partial charge in [0, 0.05) is 35.4 Å². The van der Waals surface area contributed by atoms with Crippen molar-refractivity contribution in [2.24, 2.45) is 0 Å². The predicted octanol–water partition coefficient (Wildman–Crippen LogP) is 4.20. The molecule has 0 saturated heterocycles. The molecule has 2 heterocycles. The average molecular weight is 560 g/mol. The van der Waals surface area contributed by atoms with E-state index in [2.05, 4.69) is 0 Å². The largest absolute Gasteiger partial charge is 0.508 e. The van der Waals surface area contributed by atoms with Gasteiger partial charge in [-0.15, -0.1) is 0 Å². The Labute approximate surface area is 229 Å². The van der Waals surface area contributed by atoms with Gasteiger partial charge in [0.1, 0.15) is 46.0 Å². The van der Waals surface area contributed by atoms with Gasteiger partial charge >= 0.3 is 0 Å². The molecule has 4 aromatic rings. The van der Waals surface area contributed by atoms with Crippen molar-refractivity contribution < 1.29 is 55.4 Å². The molecular formula is C29H20O12. The number of ether oxygens (including phenoxy) is 2. The molecule has 2 atom stereocenters. The Morgan fingerprint density at radius 2 is 1.10 bits per heavy atom. The van der Waals surface area contributed by atoms with Crippen LogP contribution in [0.4, 0.5) is 0 Å². The molecule has 9 N–H and O–H groups in total. The first-order valence-corrected chi connectivity index (χ1v) is 11.9. The first kappa shape index (κ1) is 25.4. The van der Waals surface area contributed by atoms with Crippen LogP contribution in [0, 0.1) is 0 Å². The highest BCUT2D eigenvalue weighted by Crippen LogP contribution is 2.47. The summed E-state index contributed by atoms with van der Waals surface area (Å²) >= 11 is 0. The van der Waals surface area contributed by atoms with Crippen LogP contribution in [0.3, 0.4) is 0 Å². The van der Waals surface area contributed by atoms with Crippen LogP contribution < -0.4 is 14.9 Å². The van der Waals surface area contributed by atoms with Crippen LogP contribution in [0.25, 0.3) is 22.9 Å². The lowest BCUT2D eigenvalue weighted by atomic mass is 9.95. The highest BCUT2D eigenvalue weighted by Gasteiger charge is 2.32. The van der Waals surface area contributed by atoms with Crippen LogP contribution in [0.2, 0.25) is 0 Å². The minimum absolute atomic E-state index is 0.0314. The highest BCUT2D eigenvalue weighted by atomic mass is 16.5. The van der Waals surface area contributed by atoms with E-state index < -0.39 is 57.5 Å². The fraction of sp³-hybridized carbons (Fsp3) is 0.0690. The lowest BCUT2D eigenvalue weighted by Gasteiger charge is -2.26. The van der Waals surface area contributed by atoms with Crippen molar-refractivity contribution in [3.63, 3.8) is 0 Å². The van der Waals surface area contributed by atoms with Gasteiger partial charge in [-0.25, -0.2) is 0 Å². The lowest BCUT2D eigenvalue weighted by Crippen LogP contribution is -2.16. The number of hydrogen-bond donors (Lipinski definition) is 9. The normalized spacial score (nSPS) is 17.5. The average Bonchev–Trinajstić information content (AvgIpc) is 3.03. The number of rotatable bonds is 2. The van der Waals surface area contributed by atoms with Crippen LogP contribution in [0.5, 0.6) is 51.7 Å². The summed E-state index contributed by atoms with van der Waals surface area (Å²) in [5.74, 6) is -5.03. The van der Waals surface area contributed by atoms with Crippen molar-refractivity contribution >= 4 is 22.9 Å². The number of phenolic OH excluding ortho intramolecular Hbond substituents is 6. The molecule has 2 aliphatic rings. The summed E-state index contributed by atoms with van der Waals surface area (Å²) < 4.78 is 11.6. The Bertz CT molecular complexity index is 1930. The molecule has 4 aromatic carbocycles. The van der Waals surface area contributed by atoms with Gasteiger partial charge in [0.05, 0.1) is 16.5 Å². The quantitative estimate of drug-likeness (QED) is 0.158. The van der Waals surface area contributed by atoms with Gasteiger partial charge in [-0.3, -0.25) is 4.79 Å². The third-order valence-corrected chi connectivity index (χ3v) is 6.83. The van der Waals surface area contributed by atoms with E-state index in [1.165, 1.54) is 24.3 Å². The van der Waals surface area contributed by atoms with Crippen molar-refractivity contribution in [1.82, 2.24) is 0 Å². The van der Waals surface area contributed by atoms with Crippen molar-refractivity contribution in [2.75, 3.05) is 0 Å². The van der Waals surface area contributed by atoms with Crippen molar-refractivity contribution in [1.29, 1.82) is 0 Å². The van der Waals surface area contributed by atoms with Crippen LogP contribution in [-0.2, 0) is 0 Å². The third-order valence-electron chi connectivity index (χ3n) is 6.83. The number of hydrogen-bond acceptors (Lipinski definition) is 12. The molecule has 0 unspecified atom stereocenters. The predicted molar refractivity (Wildman–Crippen MR) is 143 cm³/mol. The molecule has 0 amide bonds. The summed E-state index contributed by atoms with van der Waals surface area (Å²) in [5.41, 5.74) is -1.13. The molecule has 2 aliphatic heterocycles. The number of aliphatic hydroxyl groups is 2. The maximum absolute atomic E-state index is 13.2. The van der Waals surface area contributed by atoms with Crippen molar-refractivity contribution in [3.05, 3.63) is 86.5 Å². The Morgan fingerprint density at radius 3 is 1.68 bits per heavy atom. The zero-order chi connectivity index (χ0) is 29.3. The second kappa shape index (κ2) is 8.81. The van der Waals surface area contributed by atoms with E-state index in [0.717, 1.165) is 30.3 Å². The number of benzene rings is 3. The molecular weight excluding hydrogens is 540 g/mol. The molecule has 0 saturated carbocycles. The van der Waals surface area contributed by atoms with Crippen molar-refractivity contribution in [3.8, 4) is 51.7 Å². The van der Waals surface area contributed by atoms with E-state index in [0.29, 0.717) is 0 Å². The fourth-order valence-corrected chi connectivity index (χ4v) is 4.97. The van der Waals surface area contributed by atoms with Gasteiger partial charge in [-0.2, -0.15) is 0 Å². The summed E-state index contributed by atoms with van der Waals surface area (Å²) in [6.45, 7) is 0.